The Morgan fingerprint density at radius 1 is 1.00 bits per heavy atom. The van der Waals surface area contributed by atoms with Crippen LogP contribution in [0.25, 0.3) is 6.08 Å². The molecule has 6 nitrogen and oxygen atoms in total. The number of amides is 3. The van der Waals surface area contributed by atoms with Crippen LogP contribution < -0.4 is 4.90 Å². The highest BCUT2D eigenvalue weighted by Gasteiger charge is 2.37. The molecule has 3 aliphatic rings. The smallest absolute Gasteiger partial charge is 0.294 e. The fourth-order valence-corrected chi connectivity index (χ4v) is 4.97. The van der Waals surface area contributed by atoms with Crippen molar-refractivity contribution in [1.82, 2.24) is 9.80 Å². The van der Waals surface area contributed by atoms with E-state index in [9.17, 15) is 18.8 Å². The van der Waals surface area contributed by atoms with Crippen LogP contribution in [0.3, 0.4) is 0 Å². The highest BCUT2D eigenvalue weighted by Crippen LogP contribution is 2.33. The number of rotatable bonds is 4. The zero-order valence-electron chi connectivity index (χ0n) is 16.9. The molecule has 0 aromatic heterocycles. The molecule has 4 rings (SSSR count). The van der Waals surface area contributed by atoms with Crippen molar-refractivity contribution in [3.8, 4) is 0 Å². The van der Waals surface area contributed by atoms with E-state index in [0.717, 1.165) is 74.0 Å². The normalized spacial score (nSPS) is 21.6. The number of benzene rings is 1. The Bertz CT molecular complexity index is 874. The van der Waals surface area contributed by atoms with Crippen LogP contribution in [0.5, 0.6) is 0 Å². The second kappa shape index (κ2) is 9.20. The summed E-state index contributed by atoms with van der Waals surface area (Å²) in [6.07, 6.45) is 7.69. The first-order valence-electron chi connectivity index (χ1n) is 10.6. The number of carbonyl (C=O) groups is 3. The molecule has 0 radical (unpaired) electrons. The quantitative estimate of drug-likeness (QED) is 0.678. The van der Waals surface area contributed by atoms with Crippen LogP contribution in [0.1, 0.15) is 44.1 Å². The van der Waals surface area contributed by atoms with Gasteiger partial charge in [0.1, 0.15) is 12.4 Å². The number of anilines is 1. The summed E-state index contributed by atoms with van der Waals surface area (Å²) in [7, 11) is 0. The molecule has 0 bridgehead atoms. The highest BCUT2D eigenvalue weighted by atomic mass is 32.2. The van der Waals surface area contributed by atoms with Gasteiger partial charge in [0.05, 0.1) is 4.91 Å². The van der Waals surface area contributed by atoms with Crippen LogP contribution in [-0.4, -0.2) is 59.6 Å². The van der Waals surface area contributed by atoms with E-state index in [-0.39, 0.29) is 22.9 Å². The van der Waals surface area contributed by atoms with E-state index < -0.39 is 17.0 Å². The third-order valence-corrected chi connectivity index (χ3v) is 6.77. The molecule has 8 heteroatoms. The lowest BCUT2D eigenvalue weighted by molar-refractivity contribution is -0.135. The molecule has 3 aliphatic heterocycles. The molecule has 1 aromatic rings. The lowest BCUT2D eigenvalue weighted by Gasteiger charge is -2.22. The largest absolute Gasteiger partial charge is 0.371 e. The Morgan fingerprint density at radius 2 is 1.67 bits per heavy atom. The van der Waals surface area contributed by atoms with Crippen molar-refractivity contribution < 1.29 is 18.8 Å². The minimum absolute atomic E-state index is 0.150. The van der Waals surface area contributed by atoms with Crippen molar-refractivity contribution >= 4 is 40.6 Å². The summed E-state index contributed by atoms with van der Waals surface area (Å²) in [6.45, 7) is 2.92. The van der Waals surface area contributed by atoms with Gasteiger partial charge >= 0.3 is 0 Å². The van der Waals surface area contributed by atoms with Crippen LogP contribution in [0.2, 0.25) is 0 Å². The lowest BCUT2D eigenvalue weighted by Crippen LogP contribution is -2.42. The number of hydrogen-bond acceptors (Lipinski definition) is 5. The van der Waals surface area contributed by atoms with Crippen LogP contribution in [0.15, 0.2) is 23.1 Å². The average Bonchev–Trinajstić information content (AvgIpc) is 3.24. The third kappa shape index (κ3) is 4.53. The number of hydrogen-bond donors (Lipinski definition) is 0. The van der Waals surface area contributed by atoms with Crippen LogP contribution in [0.4, 0.5) is 14.9 Å². The van der Waals surface area contributed by atoms with E-state index in [4.69, 9.17) is 0 Å². The number of nitrogens with zero attached hydrogens (tertiary/aromatic N) is 3. The van der Waals surface area contributed by atoms with Gasteiger partial charge in [-0.15, -0.1) is 0 Å². The van der Waals surface area contributed by atoms with Crippen LogP contribution in [0, 0.1) is 5.82 Å². The maximum Gasteiger partial charge on any atom is 0.294 e. The highest BCUT2D eigenvalue weighted by molar-refractivity contribution is 8.18. The predicted molar refractivity (Wildman–Crippen MR) is 116 cm³/mol. The van der Waals surface area contributed by atoms with Crippen molar-refractivity contribution in [2.45, 2.75) is 38.5 Å². The molecule has 3 fully saturated rings. The Kier molecular flexibility index (Phi) is 6.41. The van der Waals surface area contributed by atoms with Crippen LogP contribution in [-0.2, 0) is 9.59 Å². The maximum absolute atomic E-state index is 14.6. The Labute approximate surface area is 180 Å². The van der Waals surface area contributed by atoms with Crippen molar-refractivity contribution in [3.63, 3.8) is 0 Å². The summed E-state index contributed by atoms with van der Waals surface area (Å²) in [5.41, 5.74) is 1.10. The lowest BCUT2D eigenvalue weighted by atomic mass is 10.1. The van der Waals surface area contributed by atoms with Gasteiger partial charge in [0.15, 0.2) is 0 Å². The third-order valence-electron chi connectivity index (χ3n) is 5.87. The summed E-state index contributed by atoms with van der Waals surface area (Å²) >= 11 is 0.758. The number of halogens is 1. The van der Waals surface area contributed by atoms with Crippen molar-refractivity contribution in [1.29, 1.82) is 0 Å². The first-order chi connectivity index (χ1) is 14.5. The molecule has 0 atom stereocenters. The molecule has 0 N–H and O–H groups in total. The molecular weight excluding hydrogens is 405 g/mol. The van der Waals surface area contributed by atoms with Gasteiger partial charge in [0, 0.05) is 37.4 Å². The first kappa shape index (κ1) is 20.9. The average molecular weight is 432 g/mol. The zero-order chi connectivity index (χ0) is 21.1. The number of imide groups is 1. The molecule has 0 saturated carbocycles. The first-order valence-corrected chi connectivity index (χ1v) is 11.4. The topological polar surface area (TPSA) is 60.9 Å². The van der Waals surface area contributed by atoms with Crippen molar-refractivity contribution in [2.24, 2.45) is 0 Å². The summed E-state index contributed by atoms with van der Waals surface area (Å²) in [5.74, 6) is -1.16. The van der Waals surface area contributed by atoms with E-state index in [1.165, 1.54) is 12.1 Å². The molecule has 3 amide bonds. The molecule has 0 spiro atoms. The summed E-state index contributed by atoms with van der Waals surface area (Å²) < 4.78 is 14.6. The monoisotopic (exact) mass is 431 g/mol. The second-order valence-electron chi connectivity index (χ2n) is 7.96. The van der Waals surface area contributed by atoms with E-state index >= 15 is 0 Å². The second-order valence-corrected chi connectivity index (χ2v) is 8.96. The van der Waals surface area contributed by atoms with Gasteiger partial charge in [-0.25, -0.2) is 4.39 Å². The summed E-state index contributed by atoms with van der Waals surface area (Å²) in [4.78, 5) is 42.6. The molecular formula is C22H26FN3O3S. The van der Waals surface area contributed by atoms with Gasteiger partial charge in [0.25, 0.3) is 11.1 Å². The number of thioether (sulfide) groups is 1. The minimum Gasteiger partial charge on any atom is -0.371 e. The SMILES string of the molecule is O=C(CN1C(=O)S/C(=C/c2ccc(N3CCCC3)cc2F)C1=O)N1CCCCCC1. The van der Waals surface area contributed by atoms with Gasteiger partial charge in [-0.1, -0.05) is 12.8 Å². The fraction of sp³-hybridized carbons (Fsp3) is 0.500. The van der Waals surface area contributed by atoms with Gasteiger partial charge in [-0.3, -0.25) is 19.3 Å². The summed E-state index contributed by atoms with van der Waals surface area (Å²) in [6, 6.07) is 4.96. The molecule has 30 heavy (non-hydrogen) atoms. The standard InChI is InChI=1S/C22H26FN3O3S/c23-18-14-17(24-9-5-6-10-24)8-7-16(18)13-19-21(28)26(22(29)30-19)15-20(27)25-11-3-1-2-4-12-25/h7-8,13-14H,1-6,9-12,15H2/b19-13+. The molecule has 3 heterocycles. The van der Waals surface area contributed by atoms with Gasteiger partial charge < -0.3 is 9.80 Å². The van der Waals surface area contributed by atoms with E-state index in [2.05, 4.69) is 4.90 Å². The Balaban J connectivity index is 1.45. The van der Waals surface area contributed by atoms with Gasteiger partial charge in [-0.2, -0.15) is 0 Å². The fourth-order valence-electron chi connectivity index (χ4n) is 4.14. The zero-order valence-corrected chi connectivity index (χ0v) is 17.8. The van der Waals surface area contributed by atoms with Crippen molar-refractivity contribution in [2.75, 3.05) is 37.6 Å². The Hall–Kier alpha value is -2.35. The van der Waals surface area contributed by atoms with E-state index in [1.54, 1.807) is 11.0 Å². The number of likely N-dealkylation sites (tertiary alicyclic amines) is 1. The van der Waals surface area contributed by atoms with E-state index in [0.29, 0.717) is 13.1 Å². The van der Waals surface area contributed by atoms with Gasteiger partial charge in [0.2, 0.25) is 5.91 Å². The number of carbonyl (C=O) groups excluding carboxylic acids is 3. The maximum atomic E-state index is 14.6. The molecule has 160 valence electrons. The molecule has 1 aromatic carbocycles. The molecule has 0 aliphatic carbocycles. The van der Waals surface area contributed by atoms with Crippen LogP contribution >= 0.6 is 11.8 Å². The summed E-state index contributed by atoms with van der Waals surface area (Å²) in [5, 5.41) is -0.483. The molecule has 3 saturated heterocycles. The van der Waals surface area contributed by atoms with E-state index in [1.807, 2.05) is 6.07 Å². The molecule has 0 unspecified atom stereocenters. The Morgan fingerprint density at radius 3 is 2.33 bits per heavy atom. The van der Waals surface area contributed by atoms with Crippen molar-refractivity contribution in [3.05, 3.63) is 34.5 Å². The van der Waals surface area contributed by atoms with Gasteiger partial charge in [-0.05, 0) is 61.7 Å². The minimum atomic E-state index is -0.531. The predicted octanol–water partition coefficient (Wildman–Crippen LogP) is 3.86.